The van der Waals surface area contributed by atoms with Gasteiger partial charge in [0.05, 0.1) is 20.0 Å². The van der Waals surface area contributed by atoms with E-state index in [1.807, 2.05) is 0 Å². The second-order valence-electron chi connectivity index (χ2n) is 5.96. The Hall–Kier alpha value is -2.66. The number of benzene rings is 1. The van der Waals surface area contributed by atoms with E-state index in [2.05, 4.69) is 26.9 Å². The molecule has 27 heavy (non-hydrogen) atoms. The first-order valence-electron chi connectivity index (χ1n) is 8.30. The number of carbonyl (C=O) groups is 2. The number of amides is 1. The number of aliphatic imine (C=N–C) groups is 1. The maximum atomic E-state index is 12.0. The van der Waals surface area contributed by atoms with Crippen molar-refractivity contribution >= 4 is 29.0 Å². The minimum atomic E-state index is -0.846. The molecule has 1 aromatic carbocycles. The predicted octanol–water partition coefficient (Wildman–Crippen LogP) is 3.07. The molecule has 8 heteroatoms. The molecule has 0 radical (unpaired) electrons. The molecule has 1 N–H and O–H groups in total. The zero-order chi connectivity index (χ0) is 20.0. The summed E-state index contributed by atoms with van der Waals surface area (Å²) in [5.41, 5.74) is 1.21. The Morgan fingerprint density at radius 1 is 1.33 bits per heavy atom. The third-order valence-corrected chi connectivity index (χ3v) is 4.54. The molecule has 0 fully saturated rings. The molecule has 0 saturated heterocycles. The van der Waals surface area contributed by atoms with Gasteiger partial charge in [-0.3, -0.25) is 4.79 Å². The van der Waals surface area contributed by atoms with Gasteiger partial charge in [0.1, 0.15) is 17.5 Å². The van der Waals surface area contributed by atoms with E-state index in [1.54, 1.807) is 32.9 Å². The molecular weight excluding hydrogens is 368 g/mol. The first kappa shape index (κ1) is 20.6. The lowest BCUT2D eigenvalue weighted by Gasteiger charge is -2.17. The Morgan fingerprint density at radius 3 is 2.70 bits per heavy atom. The van der Waals surface area contributed by atoms with Crippen LogP contribution in [0.5, 0.6) is 11.5 Å². The molecule has 1 heterocycles. The van der Waals surface area contributed by atoms with Crippen LogP contribution in [0, 0.1) is 24.7 Å². The Bertz CT molecular complexity index is 823. The van der Waals surface area contributed by atoms with Gasteiger partial charge in [-0.05, 0) is 19.1 Å². The number of thioether (sulfide) groups is 1. The van der Waals surface area contributed by atoms with Crippen molar-refractivity contribution < 1.29 is 23.8 Å². The van der Waals surface area contributed by atoms with Crippen LogP contribution in [-0.4, -0.2) is 37.2 Å². The minimum Gasteiger partial charge on any atom is -0.496 e. The van der Waals surface area contributed by atoms with Crippen molar-refractivity contribution in [2.45, 2.75) is 26.8 Å². The fraction of sp³-hybridized carbons (Fsp3) is 0.421. The lowest BCUT2D eigenvalue weighted by Crippen LogP contribution is -2.32. The number of ether oxygens (including phenoxy) is 3. The van der Waals surface area contributed by atoms with Crippen molar-refractivity contribution in [1.82, 2.24) is 5.32 Å². The first-order chi connectivity index (χ1) is 12.9. The summed E-state index contributed by atoms with van der Waals surface area (Å²) < 4.78 is 15.3. The van der Waals surface area contributed by atoms with Crippen LogP contribution >= 0.6 is 11.8 Å². The Morgan fingerprint density at radius 2 is 2.07 bits per heavy atom. The zero-order valence-electron chi connectivity index (χ0n) is 15.9. The standard InChI is InChI=1S/C19H22N2O5S/c1-11(2)17(22)21-18-20-14(7-6-10-27-18)13-8-9-15(24-4)12(3)16(13)26-19(23)25-5/h8-9,11,14H,10H2,1-5H3,(H,20,21,22). The van der Waals surface area contributed by atoms with Crippen LogP contribution in [0.4, 0.5) is 4.79 Å². The molecule has 144 valence electrons. The highest BCUT2D eigenvalue weighted by molar-refractivity contribution is 8.14. The smallest absolute Gasteiger partial charge is 0.496 e. The Balaban J connectivity index is 2.46. The van der Waals surface area contributed by atoms with Crippen molar-refractivity contribution in [3.8, 4) is 23.3 Å². The van der Waals surface area contributed by atoms with Gasteiger partial charge in [-0.15, -0.1) is 0 Å². The highest BCUT2D eigenvalue weighted by atomic mass is 32.2. The van der Waals surface area contributed by atoms with Crippen LogP contribution in [0.2, 0.25) is 0 Å². The maximum absolute atomic E-state index is 12.0. The third-order valence-electron chi connectivity index (χ3n) is 3.77. The lowest BCUT2D eigenvalue weighted by molar-refractivity contribution is -0.122. The average Bonchev–Trinajstić information content (AvgIpc) is 2.88. The summed E-state index contributed by atoms with van der Waals surface area (Å²) in [6.07, 6.45) is -0.846. The number of methoxy groups -OCH3 is 2. The molecule has 1 aromatic rings. The lowest BCUT2D eigenvalue weighted by atomic mass is 10.0. The zero-order valence-corrected chi connectivity index (χ0v) is 16.7. The van der Waals surface area contributed by atoms with Gasteiger partial charge >= 0.3 is 6.16 Å². The van der Waals surface area contributed by atoms with Gasteiger partial charge < -0.3 is 19.5 Å². The fourth-order valence-electron chi connectivity index (χ4n) is 2.29. The molecule has 1 aliphatic rings. The molecule has 2 rings (SSSR count). The molecule has 1 amide bonds. The summed E-state index contributed by atoms with van der Waals surface area (Å²) >= 11 is 1.35. The number of amidine groups is 1. The van der Waals surface area contributed by atoms with E-state index >= 15 is 0 Å². The van der Waals surface area contributed by atoms with Gasteiger partial charge in [-0.2, -0.15) is 0 Å². The molecule has 1 unspecified atom stereocenters. The largest absolute Gasteiger partial charge is 0.513 e. The molecule has 7 nitrogen and oxygen atoms in total. The molecule has 1 aliphatic heterocycles. The van der Waals surface area contributed by atoms with Crippen molar-refractivity contribution in [1.29, 1.82) is 0 Å². The van der Waals surface area contributed by atoms with Crippen LogP contribution in [0.1, 0.15) is 31.0 Å². The van der Waals surface area contributed by atoms with E-state index < -0.39 is 12.2 Å². The van der Waals surface area contributed by atoms with E-state index in [-0.39, 0.29) is 17.6 Å². The second-order valence-corrected chi connectivity index (χ2v) is 6.92. The van der Waals surface area contributed by atoms with Crippen LogP contribution in [0.15, 0.2) is 17.1 Å². The average molecular weight is 390 g/mol. The highest BCUT2D eigenvalue weighted by Crippen LogP contribution is 2.37. The summed E-state index contributed by atoms with van der Waals surface area (Å²) in [5, 5.41) is 3.27. The molecule has 0 aliphatic carbocycles. The number of hydrogen-bond acceptors (Lipinski definition) is 7. The van der Waals surface area contributed by atoms with E-state index in [1.165, 1.54) is 26.0 Å². The van der Waals surface area contributed by atoms with E-state index in [9.17, 15) is 9.59 Å². The number of nitrogens with one attached hydrogen (secondary N) is 1. The van der Waals surface area contributed by atoms with E-state index in [4.69, 9.17) is 9.47 Å². The number of carbonyl (C=O) groups excluding carboxylic acids is 2. The van der Waals surface area contributed by atoms with Gasteiger partial charge in [0.25, 0.3) is 0 Å². The van der Waals surface area contributed by atoms with Crippen LogP contribution < -0.4 is 14.8 Å². The van der Waals surface area contributed by atoms with Gasteiger partial charge in [0, 0.05) is 17.0 Å². The summed E-state index contributed by atoms with van der Waals surface area (Å²) in [6.45, 7) is 5.38. The second kappa shape index (κ2) is 9.33. The van der Waals surface area contributed by atoms with Crippen LogP contribution in [0.25, 0.3) is 0 Å². The van der Waals surface area contributed by atoms with Gasteiger partial charge in [-0.25, -0.2) is 9.79 Å². The SMILES string of the molecule is COC(=O)Oc1c(C2C#CCSC(NC(=O)C(C)C)=N2)ccc(OC)c1C. The van der Waals surface area contributed by atoms with E-state index in [0.717, 1.165) is 0 Å². The van der Waals surface area contributed by atoms with Crippen LogP contribution in [-0.2, 0) is 9.53 Å². The van der Waals surface area contributed by atoms with Gasteiger partial charge in [0.2, 0.25) is 5.91 Å². The monoisotopic (exact) mass is 390 g/mol. The summed E-state index contributed by atoms with van der Waals surface area (Å²) in [4.78, 5) is 28.3. The van der Waals surface area contributed by atoms with Gasteiger partial charge in [0.15, 0.2) is 5.17 Å². The van der Waals surface area contributed by atoms with Crippen molar-refractivity contribution in [3.63, 3.8) is 0 Å². The maximum Gasteiger partial charge on any atom is 0.513 e. The predicted molar refractivity (Wildman–Crippen MR) is 104 cm³/mol. The quantitative estimate of drug-likeness (QED) is 0.483. The van der Waals surface area contributed by atoms with Crippen LogP contribution in [0.3, 0.4) is 0 Å². The summed E-state index contributed by atoms with van der Waals surface area (Å²) in [6, 6.07) is 2.90. The summed E-state index contributed by atoms with van der Waals surface area (Å²) in [5.74, 6) is 7.10. The first-order valence-corrected chi connectivity index (χ1v) is 9.29. The third kappa shape index (κ3) is 5.17. The van der Waals surface area contributed by atoms with E-state index in [0.29, 0.717) is 27.8 Å². The Kier molecular flexibility index (Phi) is 7.13. The summed E-state index contributed by atoms with van der Waals surface area (Å²) in [7, 11) is 2.76. The number of rotatable bonds is 4. The normalized spacial score (nSPS) is 15.8. The molecule has 0 spiro atoms. The van der Waals surface area contributed by atoms with Gasteiger partial charge in [-0.1, -0.05) is 37.5 Å². The topological polar surface area (TPSA) is 86.2 Å². The van der Waals surface area contributed by atoms with Crippen molar-refractivity contribution in [3.05, 3.63) is 23.3 Å². The molecule has 0 saturated carbocycles. The molecule has 0 aromatic heterocycles. The molecular formula is C19H22N2O5S. The van der Waals surface area contributed by atoms with Crippen molar-refractivity contribution in [2.75, 3.05) is 20.0 Å². The fourth-order valence-corrected chi connectivity index (χ4v) is 2.93. The minimum absolute atomic E-state index is 0.126. The number of nitrogens with zero attached hydrogens (tertiary/aromatic N) is 1. The Labute approximate surface area is 162 Å². The number of hydrogen-bond donors (Lipinski definition) is 1. The molecule has 1 atom stereocenters. The molecule has 0 bridgehead atoms. The highest BCUT2D eigenvalue weighted by Gasteiger charge is 2.23. The van der Waals surface area contributed by atoms with Crippen molar-refractivity contribution in [2.24, 2.45) is 10.9 Å².